The predicted octanol–water partition coefficient (Wildman–Crippen LogP) is 4.73. The summed E-state index contributed by atoms with van der Waals surface area (Å²) in [5, 5.41) is 4.30. The van der Waals surface area contributed by atoms with Gasteiger partial charge >= 0.3 is 0 Å². The fourth-order valence-corrected chi connectivity index (χ4v) is 4.89. The van der Waals surface area contributed by atoms with E-state index >= 15 is 0 Å². The van der Waals surface area contributed by atoms with Crippen molar-refractivity contribution in [2.24, 2.45) is 0 Å². The molecule has 1 aliphatic heterocycles. The Balaban J connectivity index is 1.31. The smallest absolute Gasteiger partial charge is 0.238 e. The third kappa shape index (κ3) is 4.20. The number of carbonyl (C=O) groups excluding carboxylic acids is 1. The van der Waals surface area contributed by atoms with Gasteiger partial charge in [-0.2, -0.15) is 0 Å². The summed E-state index contributed by atoms with van der Waals surface area (Å²) in [6.45, 7) is 6.45. The molecule has 4 nitrogen and oxygen atoms in total. The highest BCUT2D eigenvalue weighted by Crippen LogP contribution is 2.33. The van der Waals surface area contributed by atoms with Crippen LogP contribution in [0.25, 0.3) is 10.2 Å². The van der Waals surface area contributed by atoms with E-state index in [0.29, 0.717) is 12.5 Å². The zero-order chi connectivity index (χ0) is 18.8. The first-order valence-electron chi connectivity index (χ1n) is 9.53. The summed E-state index contributed by atoms with van der Waals surface area (Å²) in [6, 6.07) is 14.5. The lowest BCUT2D eigenvalue weighted by molar-refractivity contribution is -0.117. The number of hydrogen-bond acceptors (Lipinski definition) is 4. The Hall–Kier alpha value is -2.24. The average Bonchev–Trinajstić information content (AvgIpc) is 3.09. The molecule has 0 atom stereocenters. The Morgan fingerprint density at radius 1 is 1.19 bits per heavy atom. The van der Waals surface area contributed by atoms with E-state index in [1.807, 2.05) is 36.5 Å². The molecule has 1 fully saturated rings. The minimum Gasteiger partial charge on any atom is -0.325 e. The number of aryl methyl sites for hydroxylation is 2. The molecule has 1 saturated heterocycles. The van der Waals surface area contributed by atoms with Crippen molar-refractivity contribution < 1.29 is 4.79 Å². The summed E-state index contributed by atoms with van der Waals surface area (Å²) < 4.78 is 1.27. The molecule has 140 valence electrons. The van der Waals surface area contributed by atoms with Gasteiger partial charge in [-0.1, -0.05) is 29.8 Å². The number of nitrogens with one attached hydrogen (secondary N) is 1. The van der Waals surface area contributed by atoms with E-state index in [-0.39, 0.29) is 5.91 Å². The molecule has 0 bridgehead atoms. The summed E-state index contributed by atoms with van der Waals surface area (Å²) in [5.74, 6) is 0.585. The number of aromatic nitrogens is 1. The molecule has 4 rings (SSSR count). The van der Waals surface area contributed by atoms with Crippen LogP contribution >= 0.6 is 11.3 Å². The number of benzene rings is 2. The van der Waals surface area contributed by atoms with Crippen LogP contribution in [0.4, 0.5) is 5.69 Å². The predicted molar refractivity (Wildman–Crippen MR) is 113 cm³/mol. The Kier molecular flexibility index (Phi) is 5.23. The molecular weight excluding hydrogens is 354 g/mol. The molecule has 0 aliphatic carbocycles. The SMILES string of the molecule is Cc1ccc(NC(=O)CN2CCC(c3nc4ccccc4s3)CC2)c(C)c1. The molecule has 2 aromatic carbocycles. The maximum absolute atomic E-state index is 12.4. The van der Waals surface area contributed by atoms with Crippen LogP contribution < -0.4 is 5.32 Å². The van der Waals surface area contributed by atoms with Crippen molar-refractivity contribution >= 4 is 33.1 Å². The number of piperidine rings is 1. The van der Waals surface area contributed by atoms with E-state index in [4.69, 9.17) is 4.98 Å². The highest BCUT2D eigenvalue weighted by atomic mass is 32.1. The molecular formula is C22H25N3OS. The van der Waals surface area contributed by atoms with Crippen LogP contribution in [0.3, 0.4) is 0 Å². The summed E-state index contributed by atoms with van der Waals surface area (Å²) >= 11 is 1.81. The van der Waals surface area contributed by atoms with Crippen molar-refractivity contribution in [2.75, 3.05) is 25.0 Å². The Morgan fingerprint density at radius 2 is 1.96 bits per heavy atom. The molecule has 1 amide bonds. The molecule has 2 heterocycles. The molecule has 0 radical (unpaired) electrons. The lowest BCUT2D eigenvalue weighted by Crippen LogP contribution is -2.38. The van der Waals surface area contributed by atoms with E-state index in [0.717, 1.165) is 42.7 Å². The lowest BCUT2D eigenvalue weighted by Gasteiger charge is -2.30. The van der Waals surface area contributed by atoms with Crippen LogP contribution in [0.15, 0.2) is 42.5 Å². The maximum atomic E-state index is 12.4. The summed E-state index contributed by atoms with van der Waals surface area (Å²) in [6.07, 6.45) is 2.13. The number of rotatable bonds is 4. The van der Waals surface area contributed by atoms with Gasteiger partial charge in [0.05, 0.1) is 21.8 Å². The van der Waals surface area contributed by atoms with Crippen LogP contribution in [0.1, 0.15) is 34.9 Å². The van der Waals surface area contributed by atoms with Gasteiger partial charge in [-0.3, -0.25) is 9.69 Å². The molecule has 0 saturated carbocycles. The fraction of sp³-hybridized carbons (Fsp3) is 0.364. The third-order valence-corrected chi connectivity index (χ3v) is 6.47. The summed E-state index contributed by atoms with van der Waals surface area (Å²) in [4.78, 5) is 19.5. The largest absolute Gasteiger partial charge is 0.325 e. The molecule has 0 spiro atoms. The second-order valence-corrected chi connectivity index (χ2v) is 8.50. The first-order valence-corrected chi connectivity index (χ1v) is 10.3. The Labute approximate surface area is 164 Å². The number of hydrogen-bond donors (Lipinski definition) is 1. The normalized spacial score (nSPS) is 15.9. The van der Waals surface area contributed by atoms with E-state index in [9.17, 15) is 4.79 Å². The van der Waals surface area contributed by atoms with Gasteiger partial charge < -0.3 is 5.32 Å². The van der Waals surface area contributed by atoms with Crippen molar-refractivity contribution in [1.82, 2.24) is 9.88 Å². The molecule has 27 heavy (non-hydrogen) atoms. The molecule has 5 heteroatoms. The van der Waals surface area contributed by atoms with Gasteiger partial charge in [0.2, 0.25) is 5.91 Å². The summed E-state index contributed by atoms with van der Waals surface area (Å²) in [5.41, 5.74) is 4.34. The zero-order valence-electron chi connectivity index (χ0n) is 15.9. The topological polar surface area (TPSA) is 45.2 Å². The Bertz CT molecular complexity index is 924. The van der Waals surface area contributed by atoms with Crippen molar-refractivity contribution in [3.05, 3.63) is 58.6 Å². The van der Waals surface area contributed by atoms with Crippen molar-refractivity contribution in [3.8, 4) is 0 Å². The number of likely N-dealkylation sites (tertiary alicyclic amines) is 1. The fourth-order valence-electron chi connectivity index (χ4n) is 3.75. The number of anilines is 1. The zero-order valence-corrected chi connectivity index (χ0v) is 16.7. The number of carbonyl (C=O) groups is 1. The van der Waals surface area contributed by atoms with Crippen LogP contribution in [0, 0.1) is 13.8 Å². The van der Waals surface area contributed by atoms with Gasteiger partial charge in [0.1, 0.15) is 0 Å². The highest BCUT2D eigenvalue weighted by molar-refractivity contribution is 7.18. The standard InChI is InChI=1S/C22H25N3OS/c1-15-7-8-18(16(2)13-15)23-21(26)14-25-11-9-17(10-12-25)22-24-19-5-3-4-6-20(19)27-22/h3-8,13,17H,9-12,14H2,1-2H3,(H,23,26). The second-order valence-electron chi connectivity index (χ2n) is 7.44. The molecule has 3 aromatic rings. The van der Waals surface area contributed by atoms with E-state index in [1.54, 1.807) is 0 Å². The highest BCUT2D eigenvalue weighted by Gasteiger charge is 2.24. The second kappa shape index (κ2) is 7.79. The first kappa shape index (κ1) is 18.1. The lowest BCUT2D eigenvalue weighted by atomic mass is 9.97. The van der Waals surface area contributed by atoms with Crippen molar-refractivity contribution in [3.63, 3.8) is 0 Å². The molecule has 0 unspecified atom stereocenters. The van der Waals surface area contributed by atoms with Crippen LogP contribution in [0.5, 0.6) is 0 Å². The van der Waals surface area contributed by atoms with E-state index in [2.05, 4.69) is 41.4 Å². The van der Waals surface area contributed by atoms with Crippen LogP contribution in [0.2, 0.25) is 0 Å². The van der Waals surface area contributed by atoms with E-state index in [1.165, 1.54) is 15.3 Å². The number of thiazole rings is 1. The van der Waals surface area contributed by atoms with Gasteiger partial charge in [-0.05, 0) is 63.5 Å². The van der Waals surface area contributed by atoms with Crippen LogP contribution in [-0.4, -0.2) is 35.4 Å². The van der Waals surface area contributed by atoms with Gasteiger partial charge in [-0.15, -0.1) is 11.3 Å². The molecule has 1 aromatic heterocycles. The van der Waals surface area contributed by atoms with Crippen molar-refractivity contribution in [1.29, 1.82) is 0 Å². The van der Waals surface area contributed by atoms with Gasteiger partial charge in [0.25, 0.3) is 0 Å². The molecule has 1 aliphatic rings. The van der Waals surface area contributed by atoms with E-state index < -0.39 is 0 Å². The van der Waals surface area contributed by atoms with Crippen LogP contribution in [-0.2, 0) is 4.79 Å². The number of para-hydroxylation sites is 1. The quantitative estimate of drug-likeness (QED) is 0.713. The average molecular weight is 380 g/mol. The maximum Gasteiger partial charge on any atom is 0.238 e. The number of fused-ring (bicyclic) bond motifs is 1. The van der Waals surface area contributed by atoms with Gasteiger partial charge in [0.15, 0.2) is 0 Å². The Morgan fingerprint density at radius 3 is 2.70 bits per heavy atom. The summed E-state index contributed by atoms with van der Waals surface area (Å²) in [7, 11) is 0. The monoisotopic (exact) mass is 379 g/mol. The third-order valence-electron chi connectivity index (χ3n) is 5.27. The molecule has 1 N–H and O–H groups in total. The minimum absolute atomic E-state index is 0.0698. The van der Waals surface area contributed by atoms with Gasteiger partial charge in [-0.25, -0.2) is 4.98 Å². The minimum atomic E-state index is 0.0698. The number of nitrogens with zero attached hydrogens (tertiary/aromatic N) is 2. The van der Waals surface area contributed by atoms with Gasteiger partial charge in [0, 0.05) is 11.6 Å². The number of amides is 1. The first-order chi connectivity index (χ1) is 13.1. The van der Waals surface area contributed by atoms with Crippen molar-refractivity contribution in [2.45, 2.75) is 32.6 Å².